The molecule has 2 N–H and O–H groups in total. The number of benzene rings is 2. The molecule has 2 aromatic rings. The van der Waals surface area contributed by atoms with Gasteiger partial charge in [0, 0.05) is 11.4 Å². The highest BCUT2D eigenvalue weighted by Crippen LogP contribution is 2.11. The van der Waals surface area contributed by atoms with Crippen molar-refractivity contribution in [1.82, 2.24) is 5.43 Å². The highest BCUT2D eigenvalue weighted by Gasteiger charge is 2.02. The zero-order chi connectivity index (χ0) is 15.1. The number of anilines is 1. The van der Waals surface area contributed by atoms with E-state index in [1.54, 1.807) is 12.1 Å². The average Bonchev–Trinajstić information content (AvgIpc) is 2.49. The summed E-state index contributed by atoms with van der Waals surface area (Å²) in [6.45, 7) is 0. The minimum Gasteiger partial charge on any atom is -0.299 e. The summed E-state index contributed by atoms with van der Waals surface area (Å²) in [6.07, 6.45) is 1.98. The Hall–Kier alpha value is -2.07. The van der Waals surface area contributed by atoms with Gasteiger partial charge < -0.3 is 0 Å². The van der Waals surface area contributed by atoms with Crippen molar-refractivity contribution in [3.8, 4) is 0 Å². The molecule has 0 radical (unpaired) electrons. The molecule has 0 fully saturated rings. The van der Waals surface area contributed by atoms with E-state index in [-0.39, 0.29) is 11.7 Å². The van der Waals surface area contributed by atoms with E-state index in [4.69, 9.17) is 11.6 Å². The van der Waals surface area contributed by atoms with E-state index in [1.807, 2.05) is 24.3 Å². The first-order valence-electron chi connectivity index (χ1n) is 6.68. The molecule has 5 heteroatoms. The molecule has 110 valence electrons. The molecule has 3 nitrogen and oxygen atoms in total. The SMILES string of the molecule is O=C(CCCc1ccc(Cl)cc1)NNc1ccc(F)cc1. The second-order valence-corrected chi connectivity index (χ2v) is 5.10. The van der Waals surface area contributed by atoms with Gasteiger partial charge in [-0.15, -0.1) is 0 Å². The van der Waals surface area contributed by atoms with Crippen molar-refractivity contribution < 1.29 is 9.18 Å². The summed E-state index contributed by atoms with van der Waals surface area (Å²) >= 11 is 5.81. The van der Waals surface area contributed by atoms with Gasteiger partial charge in [-0.05, 0) is 54.8 Å². The molecule has 0 aliphatic heterocycles. The van der Waals surface area contributed by atoms with Crippen molar-refractivity contribution in [1.29, 1.82) is 0 Å². The van der Waals surface area contributed by atoms with Crippen LogP contribution in [0.1, 0.15) is 18.4 Å². The Balaban J connectivity index is 1.67. The fourth-order valence-electron chi connectivity index (χ4n) is 1.84. The topological polar surface area (TPSA) is 41.1 Å². The maximum Gasteiger partial charge on any atom is 0.238 e. The third-order valence-electron chi connectivity index (χ3n) is 2.97. The Morgan fingerprint density at radius 3 is 2.38 bits per heavy atom. The van der Waals surface area contributed by atoms with Gasteiger partial charge in [0.2, 0.25) is 5.91 Å². The van der Waals surface area contributed by atoms with Crippen LogP contribution in [-0.4, -0.2) is 5.91 Å². The van der Waals surface area contributed by atoms with Crippen LogP contribution in [0.5, 0.6) is 0 Å². The van der Waals surface area contributed by atoms with Gasteiger partial charge in [0.15, 0.2) is 0 Å². The van der Waals surface area contributed by atoms with Crippen LogP contribution in [-0.2, 0) is 11.2 Å². The standard InChI is InChI=1S/C16H16ClFN2O/c17-13-6-4-12(5-7-13)2-1-3-16(21)20-19-15-10-8-14(18)9-11-15/h4-11,19H,1-3H2,(H,20,21). The van der Waals surface area contributed by atoms with Crippen molar-refractivity contribution in [2.45, 2.75) is 19.3 Å². The van der Waals surface area contributed by atoms with Gasteiger partial charge in [0.25, 0.3) is 0 Å². The third-order valence-corrected chi connectivity index (χ3v) is 3.23. The summed E-state index contributed by atoms with van der Waals surface area (Å²) in [5.41, 5.74) is 7.12. The lowest BCUT2D eigenvalue weighted by atomic mass is 10.1. The number of aryl methyl sites for hydroxylation is 1. The number of amides is 1. The third kappa shape index (κ3) is 5.44. The van der Waals surface area contributed by atoms with Gasteiger partial charge in [-0.2, -0.15) is 0 Å². The van der Waals surface area contributed by atoms with E-state index in [0.717, 1.165) is 18.4 Å². The highest BCUT2D eigenvalue weighted by atomic mass is 35.5. The van der Waals surface area contributed by atoms with Gasteiger partial charge in [-0.1, -0.05) is 23.7 Å². The maximum absolute atomic E-state index is 12.7. The van der Waals surface area contributed by atoms with Gasteiger partial charge in [0.05, 0.1) is 5.69 Å². The first kappa shape index (κ1) is 15.3. The van der Waals surface area contributed by atoms with Crippen molar-refractivity contribution in [2.24, 2.45) is 0 Å². The van der Waals surface area contributed by atoms with Crippen LogP contribution in [0.15, 0.2) is 48.5 Å². The molecule has 2 rings (SSSR count). The Kier molecular flexibility index (Phi) is 5.58. The molecule has 0 atom stereocenters. The first-order valence-corrected chi connectivity index (χ1v) is 7.06. The number of hydrazine groups is 1. The summed E-state index contributed by atoms with van der Waals surface area (Å²) in [7, 11) is 0. The van der Waals surface area contributed by atoms with E-state index in [0.29, 0.717) is 17.1 Å². The highest BCUT2D eigenvalue weighted by molar-refractivity contribution is 6.30. The second-order valence-electron chi connectivity index (χ2n) is 4.66. The van der Waals surface area contributed by atoms with E-state index >= 15 is 0 Å². The first-order chi connectivity index (χ1) is 10.1. The maximum atomic E-state index is 12.7. The summed E-state index contributed by atoms with van der Waals surface area (Å²) < 4.78 is 12.7. The smallest absolute Gasteiger partial charge is 0.238 e. The number of carbonyl (C=O) groups is 1. The largest absolute Gasteiger partial charge is 0.299 e. The van der Waals surface area contributed by atoms with E-state index in [1.165, 1.54) is 12.1 Å². The zero-order valence-corrected chi connectivity index (χ0v) is 12.2. The van der Waals surface area contributed by atoms with E-state index < -0.39 is 0 Å². The lowest BCUT2D eigenvalue weighted by Gasteiger charge is -2.08. The number of nitrogens with one attached hydrogen (secondary N) is 2. The van der Waals surface area contributed by atoms with Crippen molar-refractivity contribution in [3.63, 3.8) is 0 Å². The van der Waals surface area contributed by atoms with Crippen LogP contribution in [0.4, 0.5) is 10.1 Å². The van der Waals surface area contributed by atoms with Crippen molar-refractivity contribution >= 4 is 23.2 Å². The Labute approximate surface area is 128 Å². The molecular formula is C16H16ClFN2O. The van der Waals surface area contributed by atoms with Gasteiger partial charge in [-0.3, -0.25) is 15.6 Å². The Bertz CT molecular complexity index is 584. The fraction of sp³-hybridized carbons (Fsp3) is 0.188. The molecule has 0 saturated heterocycles. The zero-order valence-electron chi connectivity index (χ0n) is 11.4. The predicted molar refractivity (Wildman–Crippen MR) is 82.6 cm³/mol. The minimum atomic E-state index is -0.310. The number of carbonyl (C=O) groups excluding carboxylic acids is 1. The summed E-state index contributed by atoms with van der Waals surface area (Å²) in [5.74, 6) is -0.414. The van der Waals surface area contributed by atoms with Gasteiger partial charge in [-0.25, -0.2) is 4.39 Å². The molecule has 0 saturated carbocycles. The van der Waals surface area contributed by atoms with Crippen LogP contribution in [0.2, 0.25) is 5.02 Å². The second kappa shape index (κ2) is 7.64. The fourth-order valence-corrected chi connectivity index (χ4v) is 1.97. The van der Waals surface area contributed by atoms with Crippen LogP contribution in [0, 0.1) is 5.82 Å². The molecular weight excluding hydrogens is 291 g/mol. The quantitative estimate of drug-likeness (QED) is 0.794. The van der Waals surface area contributed by atoms with E-state index in [2.05, 4.69) is 10.9 Å². The summed E-state index contributed by atoms with van der Waals surface area (Å²) in [6, 6.07) is 13.4. The Morgan fingerprint density at radius 1 is 1.05 bits per heavy atom. The molecule has 2 aromatic carbocycles. The number of hydrogen-bond acceptors (Lipinski definition) is 2. The monoisotopic (exact) mass is 306 g/mol. The number of halogens is 2. The normalized spacial score (nSPS) is 10.2. The van der Waals surface area contributed by atoms with Crippen molar-refractivity contribution in [3.05, 3.63) is 64.9 Å². The molecule has 0 aromatic heterocycles. The summed E-state index contributed by atoms with van der Waals surface area (Å²) in [4.78, 5) is 11.7. The summed E-state index contributed by atoms with van der Waals surface area (Å²) in [5, 5.41) is 0.708. The lowest BCUT2D eigenvalue weighted by Crippen LogP contribution is -2.29. The van der Waals surface area contributed by atoms with Gasteiger partial charge >= 0.3 is 0 Å². The van der Waals surface area contributed by atoms with Crippen LogP contribution >= 0.6 is 11.6 Å². The molecule has 21 heavy (non-hydrogen) atoms. The molecule has 1 amide bonds. The minimum absolute atomic E-state index is 0.103. The Morgan fingerprint density at radius 2 is 1.71 bits per heavy atom. The van der Waals surface area contributed by atoms with E-state index in [9.17, 15) is 9.18 Å². The van der Waals surface area contributed by atoms with Gasteiger partial charge in [0.1, 0.15) is 5.82 Å². The average molecular weight is 307 g/mol. The molecule has 0 aliphatic rings. The van der Waals surface area contributed by atoms with Crippen LogP contribution < -0.4 is 10.9 Å². The molecule has 0 unspecified atom stereocenters. The van der Waals surface area contributed by atoms with Crippen LogP contribution in [0.3, 0.4) is 0 Å². The predicted octanol–water partition coefficient (Wildman–Crippen LogP) is 3.95. The molecule has 0 aliphatic carbocycles. The number of rotatable bonds is 6. The molecule has 0 bridgehead atoms. The molecule has 0 heterocycles. The van der Waals surface area contributed by atoms with Crippen LogP contribution in [0.25, 0.3) is 0 Å². The lowest BCUT2D eigenvalue weighted by molar-refractivity contribution is -0.120. The van der Waals surface area contributed by atoms with Crippen molar-refractivity contribution in [2.75, 3.05) is 5.43 Å². The molecule has 0 spiro atoms. The number of hydrogen-bond donors (Lipinski definition) is 2.